The zero-order valence-electron chi connectivity index (χ0n) is 11.9. The van der Waals surface area contributed by atoms with E-state index in [0.29, 0.717) is 11.8 Å². The van der Waals surface area contributed by atoms with Crippen molar-refractivity contribution in [2.75, 3.05) is 11.9 Å². The van der Waals surface area contributed by atoms with Gasteiger partial charge in [-0.3, -0.25) is 0 Å². The highest BCUT2D eigenvalue weighted by molar-refractivity contribution is 7.89. The highest BCUT2D eigenvalue weighted by Crippen LogP contribution is 2.47. The van der Waals surface area contributed by atoms with E-state index < -0.39 is 10.0 Å². The molecule has 0 heterocycles. The fourth-order valence-corrected chi connectivity index (χ4v) is 3.12. The van der Waals surface area contributed by atoms with Gasteiger partial charge in [-0.15, -0.1) is 0 Å². The van der Waals surface area contributed by atoms with Gasteiger partial charge in [0.1, 0.15) is 5.82 Å². The van der Waals surface area contributed by atoms with Gasteiger partial charge < -0.3 is 5.32 Å². The number of benzene rings is 2. The van der Waals surface area contributed by atoms with E-state index >= 15 is 0 Å². The third-order valence-corrected chi connectivity index (χ3v) is 4.90. The normalized spacial score (nSPS) is 20.6. The summed E-state index contributed by atoms with van der Waals surface area (Å²) in [6, 6.07) is 13.0. The van der Waals surface area contributed by atoms with Crippen molar-refractivity contribution in [2.24, 2.45) is 11.1 Å². The second-order valence-electron chi connectivity index (χ2n) is 5.60. The summed E-state index contributed by atoms with van der Waals surface area (Å²) in [6.45, 7) is 0.813. The van der Waals surface area contributed by atoms with Gasteiger partial charge in [0.25, 0.3) is 0 Å². The Kier molecular flexibility index (Phi) is 3.88. The SMILES string of the molecule is NS(=O)(=O)c1ccc([C@@H]2C[C@H]2CNc2ccc(F)cc2)cc1. The predicted octanol–water partition coefficient (Wildman–Crippen LogP) is 2.69. The molecule has 0 spiro atoms. The van der Waals surface area contributed by atoms with Crippen LogP contribution in [-0.2, 0) is 10.0 Å². The highest BCUT2D eigenvalue weighted by atomic mass is 32.2. The van der Waals surface area contributed by atoms with Gasteiger partial charge in [-0.25, -0.2) is 17.9 Å². The summed E-state index contributed by atoms with van der Waals surface area (Å²) >= 11 is 0. The lowest BCUT2D eigenvalue weighted by Gasteiger charge is -2.06. The lowest BCUT2D eigenvalue weighted by molar-refractivity contribution is 0.597. The van der Waals surface area contributed by atoms with Crippen molar-refractivity contribution in [1.29, 1.82) is 0 Å². The van der Waals surface area contributed by atoms with Crippen LogP contribution < -0.4 is 10.5 Å². The van der Waals surface area contributed by atoms with E-state index in [1.165, 1.54) is 12.1 Å². The number of nitrogens with two attached hydrogens (primary N) is 1. The minimum atomic E-state index is -3.63. The summed E-state index contributed by atoms with van der Waals surface area (Å²) in [5, 5.41) is 8.37. The Labute approximate surface area is 129 Å². The van der Waals surface area contributed by atoms with Crippen LogP contribution in [0.25, 0.3) is 0 Å². The van der Waals surface area contributed by atoms with Crippen LogP contribution in [0.2, 0.25) is 0 Å². The Morgan fingerprint density at radius 3 is 2.32 bits per heavy atom. The molecule has 22 heavy (non-hydrogen) atoms. The molecule has 1 fully saturated rings. The van der Waals surface area contributed by atoms with Crippen molar-refractivity contribution < 1.29 is 12.8 Å². The third-order valence-electron chi connectivity index (χ3n) is 3.97. The molecule has 1 aliphatic rings. The zero-order chi connectivity index (χ0) is 15.7. The maximum absolute atomic E-state index is 12.8. The van der Waals surface area contributed by atoms with Gasteiger partial charge in [-0.1, -0.05) is 12.1 Å². The van der Waals surface area contributed by atoms with Gasteiger partial charge >= 0.3 is 0 Å². The molecule has 0 aromatic heterocycles. The van der Waals surface area contributed by atoms with E-state index in [1.54, 1.807) is 24.3 Å². The van der Waals surface area contributed by atoms with Crippen molar-refractivity contribution in [3.63, 3.8) is 0 Å². The average molecular weight is 320 g/mol. The lowest BCUT2D eigenvalue weighted by atomic mass is 10.1. The van der Waals surface area contributed by atoms with E-state index in [1.807, 2.05) is 12.1 Å². The number of sulfonamides is 1. The summed E-state index contributed by atoms with van der Waals surface area (Å²) in [5.74, 6) is 0.692. The van der Waals surface area contributed by atoms with Crippen LogP contribution in [0.5, 0.6) is 0 Å². The van der Waals surface area contributed by atoms with Gasteiger partial charge in [0.15, 0.2) is 0 Å². The van der Waals surface area contributed by atoms with Gasteiger partial charge in [0, 0.05) is 12.2 Å². The summed E-state index contributed by atoms with van der Waals surface area (Å²) in [7, 11) is -3.63. The topological polar surface area (TPSA) is 72.2 Å². The van der Waals surface area contributed by atoms with Crippen molar-refractivity contribution in [1.82, 2.24) is 0 Å². The molecular formula is C16H17FN2O2S. The van der Waals surface area contributed by atoms with Crippen LogP contribution >= 0.6 is 0 Å². The van der Waals surface area contributed by atoms with E-state index in [4.69, 9.17) is 5.14 Å². The summed E-state index contributed by atoms with van der Waals surface area (Å²) in [4.78, 5) is 0.137. The molecule has 0 saturated heterocycles. The first-order valence-electron chi connectivity index (χ1n) is 7.06. The first-order valence-corrected chi connectivity index (χ1v) is 8.60. The number of hydrogen-bond acceptors (Lipinski definition) is 3. The molecule has 3 rings (SSSR count). The standard InChI is InChI=1S/C16H17FN2O2S/c17-13-3-5-14(6-4-13)19-10-12-9-16(12)11-1-7-15(8-2-11)22(18,20)21/h1-8,12,16,19H,9-10H2,(H2,18,20,21)/t12-,16-/m0/s1. The van der Waals surface area contributed by atoms with Crippen LogP contribution in [0.4, 0.5) is 10.1 Å². The molecule has 1 aliphatic carbocycles. The van der Waals surface area contributed by atoms with Crippen molar-refractivity contribution in [3.8, 4) is 0 Å². The first kappa shape index (κ1) is 15.0. The molecule has 2 aromatic carbocycles. The quantitative estimate of drug-likeness (QED) is 0.889. The van der Waals surface area contributed by atoms with Crippen LogP contribution in [-0.4, -0.2) is 15.0 Å². The van der Waals surface area contributed by atoms with Crippen LogP contribution in [0.3, 0.4) is 0 Å². The maximum atomic E-state index is 12.8. The molecule has 0 radical (unpaired) electrons. The molecule has 2 aromatic rings. The minimum Gasteiger partial charge on any atom is -0.385 e. The zero-order valence-corrected chi connectivity index (χ0v) is 12.7. The Morgan fingerprint density at radius 2 is 1.73 bits per heavy atom. The molecule has 6 heteroatoms. The fourth-order valence-electron chi connectivity index (χ4n) is 2.60. The molecule has 0 unspecified atom stereocenters. The van der Waals surface area contributed by atoms with E-state index in [2.05, 4.69) is 5.32 Å². The number of nitrogens with one attached hydrogen (secondary N) is 1. The highest BCUT2D eigenvalue weighted by Gasteiger charge is 2.37. The molecule has 1 saturated carbocycles. The Balaban J connectivity index is 1.57. The fraction of sp³-hybridized carbons (Fsp3) is 0.250. The monoisotopic (exact) mass is 320 g/mol. The summed E-state index contributed by atoms with van der Waals surface area (Å²) in [5.41, 5.74) is 2.02. The summed E-state index contributed by atoms with van der Waals surface area (Å²) in [6.07, 6.45) is 1.06. The molecule has 0 bridgehead atoms. The molecule has 3 N–H and O–H groups in total. The third kappa shape index (κ3) is 3.45. The van der Waals surface area contributed by atoms with Gasteiger partial charge in [0.05, 0.1) is 4.90 Å². The summed E-state index contributed by atoms with van der Waals surface area (Å²) < 4.78 is 35.3. The largest absolute Gasteiger partial charge is 0.385 e. The van der Waals surface area contributed by atoms with Crippen molar-refractivity contribution in [2.45, 2.75) is 17.2 Å². The predicted molar refractivity (Wildman–Crippen MR) is 83.6 cm³/mol. The van der Waals surface area contributed by atoms with Crippen LogP contribution in [0.1, 0.15) is 17.9 Å². The van der Waals surface area contributed by atoms with E-state index in [9.17, 15) is 12.8 Å². The maximum Gasteiger partial charge on any atom is 0.238 e. The van der Waals surface area contributed by atoms with Crippen molar-refractivity contribution >= 4 is 15.7 Å². The average Bonchev–Trinajstić information content (AvgIpc) is 3.26. The second kappa shape index (κ2) is 5.70. The smallest absolute Gasteiger partial charge is 0.238 e. The number of rotatable bonds is 5. The number of halogens is 1. The van der Waals surface area contributed by atoms with Gasteiger partial charge in [-0.2, -0.15) is 0 Å². The number of primary sulfonamides is 1. The molecule has 0 aliphatic heterocycles. The van der Waals surface area contributed by atoms with Crippen molar-refractivity contribution in [3.05, 3.63) is 59.9 Å². The van der Waals surface area contributed by atoms with Gasteiger partial charge in [0.2, 0.25) is 10.0 Å². The van der Waals surface area contributed by atoms with E-state index in [-0.39, 0.29) is 10.7 Å². The van der Waals surface area contributed by atoms with Gasteiger partial charge in [-0.05, 0) is 60.2 Å². The first-order chi connectivity index (χ1) is 10.4. The minimum absolute atomic E-state index is 0.137. The Bertz CT molecular complexity index is 758. The van der Waals surface area contributed by atoms with Crippen LogP contribution in [0, 0.1) is 11.7 Å². The Hall–Kier alpha value is -1.92. The van der Waals surface area contributed by atoms with Crippen LogP contribution in [0.15, 0.2) is 53.4 Å². The van der Waals surface area contributed by atoms with E-state index in [0.717, 1.165) is 24.2 Å². The molecule has 4 nitrogen and oxygen atoms in total. The molecular weight excluding hydrogens is 303 g/mol. The number of anilines is 1. The Morgan fingerprint density at radius 1 is 1.09 bits per heavy atom. The molecule has 0 amide bonds. The second-order valence-corrected chi connectivity index (χ2v) is 7.17. The molecule has 2 atom stereocenters. The number of hydrogen-bond donors (Lipinski definition) is 2. The molecule has 116 valence electrons. The lowest BCUT2D eigenvalue weighted by Crippen LogP contribution is -2.11.